The van der Waals surface area contributed by atoms with Gasteiger partial charge in [-0.05, 0) is 18.2 Å². The third kappa shape index (κ3) is 2.00. The van der Waals surface area contributed by atoms with Crippen LogP contribution in [0.15, 0.2) is 35.5 Å². The van der Waals surface area contributed by atoms with Gasteiger partial charge in [-0.25, -0.2) is 0 Å². The second kappa shape index (κ2) is 4.23. The van der Waals surface area contributed by atoms with E-state index in [4.69, 9.17) is 28.9 Å². The zero-order valence-electron chi connectivity index (χ0n) is 7.77. The van der Waals surface area contributed by atoms with Crippen LogP contribution >= 0.6 is 23.2 Å². The largest absolute Gasteiger partial charge is 0.310 e. The molecule has 5 heteroatoms. The fourth-order valence-electron chi connectivity index (χ4n) is 1.37. The van der Waals surface area contributed by atoms with Gasteiger partial charge < -0.3 is 4.90 Å². The number of benzene rings is 1. The molecule has 1 aromatic rings. The molecular formula is C10H9Cl2N3. The molecule has 1 unspecified atom stereocenters. The lowest BCUT2D eigenvalue weighted by Gasteiger charge is -2.27. The number of hydrogen-bond acceptors (Lipinski definition) is 3. The Morgan fingerprint density at radius 2 is 1.93 bits per heavy atom. The lowest BCUT2D eigenvalue weighted by Crippen LogP contribution is -2.38. The summed E-state index contributed by atoms with van der Waals surface area (Å²) in [7, 11) is 0. The van der Waals surface area contributed by atoms with Crippen molar-refractivity contribution in [3.8, 4) is 0 Å². The number of halogens is 2. The first kappa shape index (κ1) is 10.5. The highest BCUT2D eigenvalue weighted by Gasteiger charge is 2.18. The van der Waals surface area contributed by atoms with Crippen LogP contribution in [0.1, 0.15) is 0 Å². The predicted molar refractivity (Wildman–Crippen MR) is 64.5 cm³/mol. The maximum absolute atomic E-state index is 6.06. The summed E-state index contributed by atoms with van der Waals surface area (Å²) in [6.07, 6.45) is 4.74. The fourth-order valence-corrected chi connectivity index (χ4v) is 1.96. The molecule has 15 heavy (non-hydrogen) atoms. The summed E-state index contributed by atoms with van der Waals surface area (Å²) < 4.78 is 0. The van der Waals surface area contributed by atoms with E-state index in [1.807, 2.05) is 0 Å². The van der Waals surface area contributed by atoms with Crippen LogP contribution in [-0.4, -0.2) is 12.5 Å². The third-order valence-electron chi connectivity index (χ3n) is 2.05. The molecule has 1 aliphatic heterocycles. The molecule has 0 radical (unpaired) electrons. The fraction of sp³-hybridized carbons (Fsp3) is 0.100. The van der Waals surface area contributed by atoms with Crippen molar-refractivity contribution in [2.45, 2.75) is 6.29 Å². The Hall–Kier alpha value is -1.03. The van der Waals surface area contributed by atoms with Gasteiger partial charge in [0.25, 0.3) is 0 Å². The first-order chi connectivity index (χ1) is 7.20. The minimum absolute atomic E-state index is 0.479. The SMILES string of the molecule is NC1N=CC=CN1c1c(Cl)cccc1Cl. The second-order valence-electron chi connectivity index (χ2n) is 3.03. The van der Waals surface area contributed by atoms with Crippen molar-refractivity contribution >= 4 is 35.1 Å². The molecule has 0 amide bonds. The standard InChI is InChI=1S/C10H9Cl2N3/c11-7-3-1-4-8(12)9(7)15-6-2-5-14-10(15)13/h1-6,10H,13H2. The molecule has 0 fully saturated rings. The maximum atomic E-state index is 6.06. The molecular weight excluding hydrogens is 233 g/mol. The number of anilines is 1. The molecule has 0 aliphatic carbocycles. The normalized spacial score (nSPS) is 19.7. The van der Waals surface area contributed by atoms with Crippen LogP contribution in [0.25, 0.3) is 0 Å². The van der Waals surface area contributed by atoms with Crippen molar-refractivity contribution in [3.05, 3.63) is 40.5 Å². The Bertz CT molecular complexity index is 408. The second-order valence-corrected chi connectivity index (χ2v) is 3.85. The number of rotatable bonds is 1. The number of nitrogens with zero attached hydrogens (tertiary/aromatic N) is 2. The Morgan fingerprint density at radius 3 is 2.53 bits per heavy atom. The van der Waals surface area contributed by atoms with Crippen molar-refractivity contribution < 1.29 is 0 Å². The summed E-state index contributed by atoms with van der Waals surface area (Å²) in [5.41, 5.74) is 6.49. The van der Waals surface area contributed by atoms with E-state index < -0.39 is 6.29 Å². The van der Waals surface area contributed by atoms with Gasteiger partial charge in [-0.2, -0.15) is 0 Å². The van der Waals surface area contributed by atoms with E-state index in [1.54, 1.807) is 41.6 Å². The summed E-state index contributed by atoms with van der Waals surface area (Å²) in [6.45, 7) is 0. The topological polar surface area (TPSA) is 41.6 Å². The molecule has 2 N–H and O–H groups in total. The van der Waals surface area contributed by atoms with Gasteiger partial charge in [-0.3, -0.25) is 10.7 Å². The monoisotopic (exact) mass is 241 g/mol. The van der Waals surface area contributed by atoms with E-state index in [2.05, 4.69) is 4.99 Å². The highest BCUT2D eigenvalue weighted by Crippen LogP contribution is 2.34. The molecule has 3 nitrogen and oxygen atoms in total. The Morgan fingerprint density at radius 1 is 1.27 bits per heavy atom. The molecule has 1 atom stereocenters. The molecule has 78 valence electrons. The van der Waals surface area contributed by atoms with Gasteiger partial charge in [0.2, 0.25) is 0 Å². The minimum atomic E-state index is -0.479. The highest BCUT2D eigenvalue weighted by molar-refractivity contribution is 6.39. The zero-order chi connectivity index (χ0) is 10.8. The molecule has 0 bridgehead atoms. The van der Waals surface area contributed by atoms with Crippen LogP contribution in [0.3, 0.4) is 0 Å². The van der Waals surface area contributed by atoms with Crippen LogP contribution in [0, 0.1) is 0 Å². The van der Waals surface area contributed by atoms with E-state index in [0.29, 0.717) is 15.7 Å². The average molecular weight is 242 g/mol. The van der Waals surface area contributed by atoms with E-state index in [9.17, 15) is 0 Å². The van der Waals surface area contributed by atoms with Crippen molar-refractivity contribution in [2.75, 3.05) is 4.90 Å². The predicted octanol–water partition coefficient (Wildman–Crippen LogP) is 2.64. The van der Waals surface area contributed by atoms with E-state index in [-0.39, 0.29) is 0 Å². The summed E-state index contributed by atoms with van der Waals surface area (Å²) in [6, 6.07) is 5.32. The van der Waals surface area contributed by atoms with Crippen LogP contribution in [0.5, 0.6) is 0 Å². The van der Waals surface area contributed by atoms with Crippen LogP contribution in [-0.2, 0) is 0 Å². The Labute approximate surface area is 97.8 Å². The third-order valence-corrected chi connectivity index (χ3v) is 2.66. The van der Waals surface area contributed by atoms with Crippen molar-refractivity contribution in [3.63, 3.8) is 0 Å². The molecule has 0 spiro atoms. The van der Waals surface area contributed by atoms with Gasteiger partial charge in [0, 0.05) is 12.4 Å². The van der Waals surface area contributed by atoms with Crippen LogP contribution < -0.4 is 10.6 Å². The molecule has 1 aliphatic rings. The molecule has 1 heterocycles. The molecule has 1 aromatic carbocycles. The quantitative estimate of drug-likeness (QED) is 0.822. The zero-order valence-corrected chi connectivity index (χ0v) is 9.28. The summed E-state index contributed by atoms with van der Waals surface area (Å²) in [5.74, 6) is 0. The Balaban J connectivity index is 2.45. The van der Waals surface area contributed by atoms with Gasteiger partial charge in [-0.15, -0.1) is 0 Å². The van der Waals surface area contributed by atoms with Gasteiger partial charge in [0.15, 0.2) is 6.29 Å². The molecule has 0 aromatic heterocycles. The van der Waals surface area contributed by atoms with Crippen molar-refractivity contribution in [1.82, 2.24) is 0 Å². The molecule has 0 saturated heterocycles. The van der Waals surface area contributed by atoms with Crippen molar-refractivity contribution in [1.29, 1.82) is 0 Å². The number of allylic oxidation sites excluding steroid dienone is 1. The number of aliphatic imine (C=N–C) groups is 1. The van der Waals surface area contributed by atoms with Gasteiger partial charge in [0.1, 0.15) is 0 Å². The van der Waals surface area contributed by atoms with Crippen molar-refractivity contribution in [2.24, 2.45) is 10.7 Å². The van der Waals surface area contributed by atoms with E-state index >= 15 is 0 Å². The first-order valence-electron chi connectivity index (χ1n) is 4.38. The number of hydrogen-bond donors (Lipinski definition) is 1. The minimum Gasteiger partial charge on any atom is -0.310 e. The maximum Gasteiger partial charge on any atom is 0.177 e. The highest BCUT2D eigenvalue weighted by atomic mass is 35.5. The van der Waals surface area contributed by atoms with Crippen LogP contribution in [0.2, 0.25) is 10.0 Å². The molecule has 2 rings (SSSR count). The average Bonchev–Trinajstić information content (AvgIpc) is 2.20. The van der Waals surface area contributed by atoms with Gasteiger partial charge >= 0.3 is 0 Å². The molecule has 0 saturated carbocycles. The van der Waals surface area contributed by atoms with Crippen LogP contribution in [0.4, 0.5) is 5.69 Å². The lowest BCUT2D eigenvalue weighted by molar-refractivity contribution is 0.711. The number of nitrogens with two attached hydrogens (primary N) is 1. The van der Waals surface area contributed by atoms with E-state index in [1.165, 1.54) is 0 Å². The first-order valence-corrected chi connectivity index (χ1v) is 5.13. The smallest absolute Gasteiger partial charge is 0.177 e. The Kier molecular flexibility index (Phi) is 2.95. The summed E-state index contributed by atoms with van der Waals surface area (Å²) >= 11 is 12.1. The number of para-hydroxylation sites is 1. The summed E-state index contributed by atoms with van der Waals surface area (Å²) in [5, 5.41) is 1.11. The van der Waals surface area contributed by atoms with E-state index in [0.717, 1.165) is 0 Å². The summed E-state index contributed by atoms with van der Waals surface area (Å²) in [4.78, 5) is 5.77. The van der Waals surface area contributed by atoms with Gasteiger partial charge in [-0.1, -0.05) is 29.3 Å². The lowest BCUT2D eigenvalue weighted by atomic mass is 10.3. The van der Waals surface area contributed by atoms with Gasteiger partial charge in [0.05, 0.1) is 15.7 Å².